The predicted octanol–water partition coefficient (Wildman–Crippen LogP) is 4.02. The van der Waals surface area contributed by atoms with Crippen molar-refractivity contribution in [2.45, 2.75) is 26.3 Å². The van der Waals surface area contributed by atoms with Crippen molar-refractivity contribution in [2.75, 3.05) is 24.4 Å². The number of benzene rings is 2. The Morgan fingerprint density at radius 1 is 1.19 bits per heavy atom. The van der Waals surface area contributed by atoms with E-state index in [1.165, 1.54) is 7.11 Å². The number of hydrogen-bond donors (Lipinski definition) is 3. The van der Waals surface area contributed by atoms with E-state index in [1.807, 2.05) is 38.1 Å². The molecule has 0 fully saturated rings. The zero-order valence-corrected chi connectivity index (χ0v) is 17.8. The van der Waals surface area contributed by atoms with E-state index in [4.69, 9.17) is 9.47 Å². The molecule has 31 heavy (non-hydrogen) atoms. The first-order valence-corrected chi connectivity index (χ1v) is 10.4. The van der Waals surface area contributed by atoms with Crippen LogP contribution in [-0.4, -0.2) is 30.6 Å². The molecular weight excluding hydrogens is 396 g/mol. The van der Waals surface area contributed by atoms with E-state index in [-0.39, 0.29) is 17.5 Å². The maximum atomic E-state index is 13.6. The SMILES string of the molecule is CCOc1cc([C@H]2Nc3ccccc3NC3=C2C(=O)[C@@H](C(=O)OC)[C@H](C)C3)ccc1O. The molecule has 7 heteroatoms. The van der Waals surface area contributed by atoms with E-state index in [0.717, 1.165) is 22.6 Å². The molecule has 2 aliphatic rings. The molecule has 0 aromatic heterocycles. The van der Waals surface area contributed by atoms with Crippen molar-refractivity contribution >= 4 is 23.1 Å². The first-order chi connectivity index (χ1) is 14.9. The zero-order valence-electron chi connectivity index (χ0n) is 17.8. The first kappa shape index (κ1) is 20.8. The normalized spacial score (nSPS) is 22.4. The molecule has 1 aliphatic heterocycles. The molecule has 3 N–H and O–H groups in total. The second-order valence-corrected chi connectivity index (χ2v) is 7.85. The molecule has 7 nitrogen and oxygen atoms in total. The zero-order chi connectivity index (χ0) is 22.1. The highest BCUT2D eigenvalue weighted by Crippen LogP contribution is 2.44. The number of allylic oxidation sites excluding steroid dienone is 1. The van der Waals surface area contributed by atoms with Crippen LogP contribution in [-0.2, 0) is 14.3 Å². The van der Waals surface area contributed by atoms with Crippen molar-refractivity contribution in [3.63, 3.8) is 0 Å². The number of anilines is 2. The fraction of sp³-hybridized carbons (Fsp3) is 0.333. The Kier molecular flexibility index (Phi) is 5.59. The van der Waals surface area contributed by atoms with Gasteiger partial charge in [-0.1, -0.05) is 25.1 Å². The number of fused-ring (bicyclic) bond motifs is 1. The number of nitrogens with one attached hydrogen (secondary N) is 2. The van der Waals surface area contributed by atoms with E-state index in [2.05, 4.69) is 10.6 Å². The van der Waals surface area contributed by atoms with E-state index in [0.29, 0.717) is 24.4 Å². The van der Waals surface area contributed by atoms with Crippen molar-refractivity contribution in [2.24, 2.45) is 11.8 Å². The van der Waals surface area contributed by atoms with Gasteiger partial charge in [-0.3, -0.25) is 9.59 Å². The van der Waals surface area contributed by atoms with Crippen LogP contribution in [0.2, 0.25) is 0 Å². The number of esters is 1. The highest BCUT2D eigenvalue weighted by Gasteiger charge is 2.44. The lowest BCUT2D eigenvalue weighted by atomic mass is 9.75. The number of carbonyl (C=O) groups is 2. The van der Waals surface area contributed by atoms with Gasteiger partial charge in [-0.25, -0.2) is 0 Å². The van der Waals surface area contributed by atoms with E-state index in [1.54, 1.807) is 18.2 Å². The van der Waals surface area contributed by atoms with Gasteiger partial charge in [0.25, 0.3) is 0 Å². The van der Waals surface area contributed by atoms with Gasteiger partial charge in [0.2, 0.25) is 0 Å². The van der Waals surface area contributed by atoms with Gasteiger partial charge in [-0.15, -0.1) is 0 Å². The molecule has 162 valence electrons. The molecule has 0 radical (unpaired) electrons. The number of ether oxygens (including phenoxy) is 2. The molecule has 2 aromatic carbocycles. The van der Waals surface area contributed by atoms with Crippen LogP contribution in [0.15, 0.2) is 53.7 Å². The minimum atomic E-state index is -0.862. The van der Waals surface area contributed by atoms with Gasteiger partial charge < -0.3 is 25.2 Å². The number of phenolic OH excluding ortho intramolecular Hbond substituents is 1. The molecule has 0 saturated heterocycles. The summed E-state index contributed by atoms with van der Waals surface area (Å²) in [6.07, 6.45) is 0.532. The quantitative estimate of drug-likeness (QED) is 0.506. The van der Waals surface area contributed by atoms with Gasteiger partial charge in [-0.2, -0.15) is 0 Å². The van der Waals surface area contributed by atoms with Gasteiger partial charge >= 0.3 is 5.97 Å². The summed E-state index contributed by atoms with van der Waals surface area (Å²) in [7, 11) is 1.30. The van der Waals surface area contributed by atoms with Crippen LogP contribution < -0.4 is 15.4 Å². The van der Waals surface area contributed by atoms with Gasteiger partial charge in [-0.05, 0) is 49.1 Å². The second-order valence-electron chi connectivity index (χ2n) is 7.85. The topological polar surface area (TPSA) is 96.9 Å². The molecule has 1 aliphatic carbocycles. The number of para-hydroxylation sites is 2. The number of ketones is 1. The maximum Gasteiger partial charge on any atom is 0.316 e. The van der Waals surface area contributed by atoms with Crippen molar-refractivity contribution in [1.29, 1.82) is 0 Å². The minimum Gasteiger partial charge on any atom is -0.504 e. The van der Waals surface area contributed by atoms with Crippen LogP contribution in [0.25, 0.3) is 0 Å². The third-order valence-electron chi connectivity index (χ3n) is 5.84. The van der Waals surface area contributed by atoms with Crippen LogP contribution in [0.3, 0.4) is 0 Å². The highest BCUT2D eigenvalue weighted by atomic mass is 16.5. The van der Waals surface area contributed by atoms with Crippen molar-refractivity contribution in [1.82, 2.24) is 0 Å². The average molecular weight is 422 g/mol. The molecule has 4 rings (SSSR count). The second kappa shape index (κ2) is 8.34. The number of methoxy groups -OCH3 is 1. The highest BCUT2D eigenvalue weighted by molar-refractivity contribution is 6.11. The molecule has 0 amide bonds. The monoisotopic (exact) mass is 422 g/mol. The number of rotatable bonds is 4. The van der Waals surface area contributed by atoms with Crippen molar-refractivity contribution in [3.8, 4) is 11.5 Å². The van der Waals surface area contributed by atoms with Crippen molar-refractivity contribution < 1.29 is 24.2 Å². The van der Waals surface area contributed by atoms with E-state index >= 15 is 0 Å². The third kappa shape index (κ3) is 3.71. The fourth-order valence-corrected chi connectivity index (χ4v) is 4.37. The van der Waals surface area contributed by atoms with Crippen LogP contribution in [0.4, 0.5) is 11.4 Å². The number of carbonyl (C=O) groups excluding carboxylic acids is 2. The Morgan fingerprint density at radius 3 is 2.65 bits per heavy atom. The third-order valence-corrected chi connectivity index (χ3v) is 5.84. The Bertz CT molecular complexity index is 1060. The Hall–Kier alpha value is -3.48. The van der Waals surface area contributed by atoms with Crippen LogP contribution >= 0.6 is 0 Å². The largest absolute Gasteiger partial charge is 0.504 e. The fourth-order valence-electron chi connectivity index (χ4n) is 4.37. The summed E-state index contributed by atoms with van der Waals surface area (Å²) < 4.78 is 10.5. The van der Waals surface area contributed by atoms with Gasteiger partial charge in [0, 0.05) is 11.3 Å². The summed E-state index contributed by atoms with van der Waals surface area (Å²) >= 11 is 0. The van der Waals surface area contributed by atoms with Crippen LogP contribution in [0, 0.1) is 11.8 Å². The predicted molar refractivity (Wildman–Crippen MR) is 117 cm³/mol. The van der Waals surface area contributed by atoms with E-state index in [9.17, 15) is 14.7 Å². The maximum absolute atomic E-state index is 13.6. The molecule has 0 bridgehead atoms. The first-order valence-electron chi connectivity index (χ1n) is 10.4. The molecule has 1 heterocycles. The standard InChI is InChI=1S/C24H26N2O5/c1-4-31-19-12-14(9-10-18(19)27)22-21-17(25-15-7-5-6-8-16(15)26-22)11-13(2)20(23(21)28)24(29)30-3/h5-10,12-13,20,22,25-27H,4,11H2,1-3H3/t13-,20+,22-/m1/s1. The summed E-state index contributed by atoms with van der Waals surface area (Å²) in [6.45, 7) is 4.12. The molecule has 0 spiro atoms. The Labute approximate surface area is 181 Å². The molecule has 3 atom stereocenters. The summed E-state index contributed by atoms with van der Waals surface area (Å²) in [4.78, 5) is 26.1. The number of Topliss-reactive ketones (excluding diaryl/α,β-unsaturated/α-hetero) is 1. The summed E-state index contributed by atoms with van der Waals surface area (Å²) in [5.41, 5.74) is 3.73. The number of hydrogen-bond acceptors (Lipinski definition) is 7. The Morgan fingerprint density at radius 2 is 1.94 bits per heavy atom. The van der Waals surface area contributed by atoms with Crippen molar-refractivity contribution in [3.05, 3.63) is 59.3 Å². The average Bonchev–Trinajstić information content (AvgIpc) is 2.91. The molecule has 0 unspecified atom stereocenters. The lowest BCUT2D eigenvalue weighted by molar-refractivity contribution is -0.151. The van der Waals surface area contributed by atoms with Gasteiger partial charge in [0.05, 0.1) is 31.1 Å². The van der Waals surface area contributed by atoms with Crippen LogP contribution in [0.1, 0.15) is 31.9 Å². The molecule has 2 aromatic rings. The minimum absolute atomic E-state index is 0.0305. The molecular formula is C24H26N2O5. The summed E-state index contributed by atoms with van der Waals surface area (Å²) in [5.74, 6) is -1.47. The number of phenols is 1. The lowest BCUT2D eigenvalue weighted by Crippen LogP contribution is -2.39. The van der Waals surface area contributed by atoms with Crippen LogP contribution in [0.5, 0.6) is 11.5 Å². The number of aromatic hydroxyl groups is 1. The van der Waals surface area contributed by atoms with Gasteiger partial charge in [0.15, 0.2) is 17.3 Å². The van der Waals surface area contributed by atoms with Gasteiger partial charge in [0.1, 0.15) is 5.92 Å². The summed E-state index contributed by atoms with van der Waals surface area (Å²) in [6, 6.07) is 12.2. The molecule has 0 saturated carbocycles. The smallest absolute Gasteiger partial charge is 0.316 e. The lowest BCUT2D eigenvalue weighted by Gasteiger charge is -2.32. The Balaban J connectivity index is 1.87. The van der Waals surface area contributed by atoms with E-state index < -0.39 is 17.9 Å². The summed E-state index contributed by atoms with van der Waals surface area (Å²) in [5, 5.41) is 17.0.